The van der Waals surface area contributed by atoms with Gasteiger partial charge in [0.2, 0.25) is 0 Å². The number of carboxylic acids is 1. The molecule has 0 saturated carbocycles. The Balaban J connectivity index is 3.26. The second kappa shape index (κ2) is 5.07. The molecule has 0 aliphatic rings. The number of carbonyl (C=O) groups is 2. The Labute approximate surface area is 96.2 Å². The normalized spacial score (nSPS) is 10.0. The lowest BCUT2D eigenvalue weighted by atomic mass is 9.98. The molecule has 0 atom stereocenters. The van der Waals surface area contributed by atoms with E-state index in [0.29, 0.717) is 10.9 Å². The topological polar surface area (TPSA) is 54.4 Å². The molecular formula is C11H11BrO3. The number of aromatic carboxylic acids is 1. The van der Waals surface area contributed by atoms with Gasteiger partial charge in [0, 0.05) is 11.8 Å². The summed E-state index contributed by atoms with van der Waals surface area (Å²) in [6, 6.07) is 5.02. The standard InChI is InChI=1S/C11H11BrO3/c1-7(13)5-10-8(6-12)3-2-4-9(10)11(14)15/h2-4H,5-6H2,1H3,(H,14,15). The quantitative estimate of drug-likeness (QED) is 0.855. The van der Waals surface area contributed by atoms with Gasteiger partial charge in [0.15, 0.2) is 0 Å². The molecule has 0 aliphatic heterocycles. The minimum Gasteiger partial charge on any atom is -0.478 e. The fraction of sp³-hybridized carbons (Fsp3) is 0.273. The molecule has 1 N–H and O–H groups in total. The van der Waals surface area contributed by atoms with Gasteiger partial charge >= 0.3 is 5.97 Å². The van der Waals surface area contributed by atoms with Crippen LogP contribution in [0.2, 0.25) is 0 Å². The van der Waals surface area contributed by atoms with Gasteiger partial charge in [-0.1, -0.05) is 28.1 Å². The third kappa shape index (κ3) is 2.89. The summed E-state index contributed by atoms with van der Waals surface area (Å²) in [5.41, 5.74) is 1.67. The van der Waals surface area contributed by atoms with E-state index < -0.39 is 5.97 Å². The van der Waals surface area contributed by atoms with Gasteiger partial charge in [-0.25, -0.2) is 4.79 Å². The summed E-state index contributed by atoms with van der Waals surface area (Å²) in [5, 5.41) is 9.52. The fourth-order valence-electron chi connectivity index (χ4n) is 1.42. The van der Waals surface area contributed by atoms with Crippen molar-refractivity contribution in [1.82, 2.24) is 0 Å². The second-order valence-electron chi connectivity index (χ2n) is 3.26. The van der Waals surface area contributed by atoms with Crippen LogP contribution < -0.4 is 0 Å². The first-order chi connectivity index (χ1) is 7.06. The van der Waals surface area contributed by atoms with Gasteiger partial charge in [0.25, 0.3) is 0 Å². The predicted molar refractivity (Wildman–Crippen MR) is 60.4 cm³/mol. The van der Waals surface area contributed by atoms with E-state index >= 15 is 0 Å². The number of hydrogen-bond acceptors (Lipinski definition) is 2. The molecule has 80 valence electrons. The highest BCUT2D eigenvalue weighted by Crippen LogP contribution is 2.18. The monoisotopic (exact) mass is 270 g/mol. The van der Waals surface area contributed by atoms with Gasteiger partial charge < -0.3 is 5.11 Å². The highest BCUT2D eigenvalue weighted by Gasteiger charge is 2.14. The molecule has 0 bridgehead atoms. The number of alkyl halides is 1. The maximum Gasteiger partial charge on any atom is 0.335 e. The first kappa shape index (κ1) is 11.9. The van der Waals surface area contributed by atoms with E-state index in [1.165, 1.54) is 13.0 Å². The maximum atomic E-state index is 11.0. The molecule has 0 aliphatic carbocycles. The molecule has 0 heterocycles. The Morgan fingerprint density at radius 3 is 2.53 bits per heavy atom. The number of rotatable bonds is 4. The lowest BCUT2D eigenvalue weighted by Crippen LogP contribution is -2.08. The first-order valence-corrected chi connectivity index (χ1v) is 5.58. The minimum atomic E-state index is -0.992. The van der Waals surface area contributed by atoms with Crippen molar-refractivity contribution in [3.63, 3.8) is 0 Å². The first-order valence-electron chi connectivity index (χ1n) is 4.45. The van der Waals surface area contributed by atoms with Crippen LogP contribution in [0.25, 0.3) is 0 Å². The molecule has 3 nitrogen and oxygen atoms in total. The van der Waals surface area contributed by atoms with E-state index in [9.17, 15) is 9.59 Å². The summed E-state index contributed by atoms with van der Waals surface area (Å²) < 4.78 is 0. The Bertz CT molecular complexity index is 399. The summed E-state index contributed by atoms with van der Waals surface area (Å²) in [7, 11) is 0. The molecule has 1 rings (SSSR count). The van der Waals surface area contributed by atoms with Crippen molar-refractivity contribution in [1.29, 1.82) is 0 Å². The summed E-state index contributed by atoms with van der Waals surface area (Å²) in [5.74, 6) is -1.03. The molecule has 0 saturated heterocycles. The average Bonchev–Trinajstić information content (AvgIpc) is 2.16. The Morgan fingerprint density at radius 2 is 2.07 bits per heavy atom. The van der Waals surface area contributed by atoms with Gasteiger partial charge in [-0.2, -0.15) is 0 Å². The summed E-state index contributed by atoms with van der Waals surface area (Å²) in [6.45, 7) is 1.46. The molecule has 4 heteroatoms. The van der Waals surface area contributed by atoms with Crippen molar-refractivity contribution < 1.29 is 14.7 Å². The predicted octanol–water partition coefficient (Wildman–Crippen LogP) is 2.41. The van der Waals surface area contributed by atoms with Crippen molar-refractivity contribution in [2.24, 2.45) is 0 Å². The van der Waals surface area contributed by atoms with Crippen LogP contribution in [-0.4, -0.2) is 16.9 Å². The number of carbonyl (C=O) groups excluding carboxylic acids is 1. The third-order valence-electron chi connectivity index (χ3n) is 2.07. The molecule has 1 aromatic rings. The molecule has 15 heavy (non-hydrogen) atoms. The second-order valence-corrected chi connectivity index (χ2v) is 3.82. The van der Waals surface area contributed by atoms with E-state index in [1.807, 2.05) is 6.07 Å². The fourth-order valence-corrected chi connectivity index (χ4v) is 1.94. The Hall–Kier alpha value is -1.16. The van der Waals surface area contributed by atoms with Crippen LogP contribution in [-0.2, 0) is 16.5 Å². The summed E-state index contributed by atoms with van der Waals surface area (Å²) in [4.78, 5) is 22.0. The SMILES string of the molecule is CC(=O)Cc1c(CBr)cccc1C(=O)O. The number of benzene rings is 1. The van der Waals surface area contributed by atoms with Crippen LogP contribution in [0.1, 0.15) is 28.4 Å². The molecule has 0 amide bonds. The molecular weight excluding hydrogens is 260 g/mol. The van der Waals surface area contributed by atoms with Crippen molar-refractivity contribution in [2.45, 2.75) is 18.7 Å². The number of halogens is 1. The Kier molecular flexibility index (Phi) is 4.03. The average molecular weight is 271 g/mol. The number of hydrogen-bond donors (Lipinski definition) is 1. The summed E-state index contributed by atoms with van der Waals surface area (Å²) in [6.07, 6.45) is 0.170. The van der Waals surface area contributed by atoms with E-state index in [1.54, 1.807) is 6.07 Å². The van der Waals surface area contributed by atoms with Crippen LogP contribution >= 0.6 is 15.9 Å². The van der Waals surface area contributed by atoms with Crippen LogP contribution in [0.15, 0.2) is 18.2 Å². The van der Waals surface area contributed by atoms with Crippen LogP contribution in [0.4, 0.5) is 0 Å². The highest BCUT2D eigenvalue weighted by molar-refractivity contribution is 9.08. The Morgan fingerprint density at radius 1 is 1.40 bits per heavy atom. The van der Waals surface area contributed by atoms with Crippen LogP contribution in [0, 0.1) is 0 Å². The van der Waals surface area contributed by atoms with Crippen molar-refractivity contribution in [3.8, 4) is 0 Å². The van der Waals surface area contributed by atoms with Crippen LogP contribution in [0.3, 0.4) is 0 Å². The van der Waals surface area contributed by atoms with E-state index in [4.69, 9.17) is 5.11 Å². The van der Waals surface area contributed by atoms with Gasteiger partial charge in [0.05, 0.1) is 5.56 Å². The smallest absolute Gasteiger partial charge is 0.335 e. The molecule has 0 spiro atoms. The van der Waals surface area contributed by atoms with E-state index in [-0.39, 0.29) is 17.8 Å². The molecule has 0 fully saturated rings. The molecule has 1 aromatic carbocycles. The molecule has 0 aromatic heterocycles. The number of ketones is 1. The van der Waals surface area contributed by atoms with Gasteiger partial charge in [0.1, 0.15) is 5.78 Å². The van der Waals surface area contributed by atoms with Crippen LogP contribution in [0.5, 0.6) is 0 Å². The lowest BCUT2D eigenvalue weighted by Gasteiger charge is -2.08. The zero-order chi connectivity index (χ0) is 11.4. The largest absolute Gasteiger partial charge is 0.478 e. The van der Waals surface area contributed by atoms with Crippen molar-refractivity contribution in [3.05, 3.63) is 34.9 Å². The van der Waals surface area contributed by atoms with Gasteiger partial charge in [-0.3, -0.25) is 4.79 Å². The number of Topliss-reactive ketones (excluding diaryl/α,β-unsaturated/α-hetero) is 1. The van der Waals surface area contributed by atoms with Crippen molar-refractivity contribution in [2.75, 3.05) is 0 Å². The molecule has 0 unspecified atom stereocenters. The van der Waals surface area contributed by atoms with Gasteiger partial charge in [-0.05, 0) is 24.1 Å². The minimum absolute atomic E-state index is 0.0362. The third-order valence-corrected chi connectivity index (χ3v) is 2.68. The zero-order valence-electron chi connectivity index (χ0n) is 8.29. The maximum absolute atomic E-state index is 11.0. The molecule has 0 radical (unpaired) electrons. The van der Waals surface area contributed by atoms with Crippen molar-refractivity contribution >= 4 is 27.7 Å². The highest BCUT2D eigenvalue weighted by atomic mass is 79.9. The zero-order valence-corrected chi connectivity index (χ0v) is 9.87. The number of carboxylic acid groups (broad SMARTS) is 1. The summed E-state index contributed by atoms with van der Waals surface area (Å²) >= 11 is 3.28. The van der Waals surface area contributed by atoms with E-state index in [2.05, 4.69) is 15.9 Å². The lowest BCUT2D eigenvalue weighted by molar-refractivity contribution is -0.116. The van der Waals surface area contributed by atoms with E-state index in [0.717, 1.165) is 5.56 Å². The van der Waals surface area contributed by atoms with Gasteiger partial charge in [-0.15, -0.1) is 0 Å².